The number of aryl methyl sites for hydroxylation is 1. The van der Waals surface area contributed by atoms with Gasteiger partial charge in [0.15, 0.2) is 0 Å². The first-order chi connectivity index (χ1) is 9.55. The molecule has 3 rings (SSSR count). The monoisotopic (exact) mass is 288 g/mol. The van der Waals surface area contributed by atoms with Crippen LogP contribution in [0.4, 0.5) is 0 Å². The van der Waals surface area contributed by atoms with E-state index < -0.39 is 0 Å². The van der Waals surface area contributed by atoms with E-state index in [-0.39, 0.29) is 5.41 Å². The van der Waals surface area contributed by atoms with Crippen molar-refractivity contribution in [1.82, 2.24) is 19.7 Å². The number of rotatable bonds is 3. The highest BCUT2D eigenvalue weighted by atomic mass is 35.5. The van der Waals surface area contributed by atoms with E-state index in [1.807, 2.05) is 17.7 Å². The van der Waals surface area contributed by atoms with Crippen LogP contribution in [0.3, 0.4) is 0 Å². The van der Waals surface area contributed by atoms with Gasteiger partial charge in [0, 0.05) is 7.05 Å². The highest BCUT2D eigenvalue weighted by molar-refractivity contribution is 6.29. The molecular formula is C15H17ClN4. The molecular weight excluding hydrogens is 272 g/mol. The Morgan fingerprint density at radius 1 is 1.45 bits per heavy atom. The Morgan fingerprint density at radius 2 is 2.20 bits per heavy atom. The fraction of sp³-hybridized carbons (Fsp3) is 0.400. The van der Waals surface area contributed by atoms with Crippen LogP contribution in [0.5, 0.6) is 0 Å². The third-order valence-corrected chi connectivity index (χ3v) is 4.30. The molecule has 1 aliphatic rings. The molecule has 1 saturated carbocycles. The number of halogens is 1. The summed E-state index contributed by atoms with van der Waals surface area (Å²) in [4.78, 5) is 4.25. The molecule has 0 bridgehead atoms. The zero-order valence-electron chi connectivity index (χ0n) is 11.7. The number of nitrogens with zero attached hydrogens (tertiary/aromatic N) is 4. The van der Waals surface area contributed by atoms with Crippen molar-refractivity contribution in [3.05, 3.63) is 47.3 Å². The highest BCUT2D eigenvalue weighted by Crippen LogP contribution is 2.51. The highest BCUT2D eigenvalue weighted by Gasteiger charge is 2.48. The summed E-state index contributed by atoms with van der Waals surface area (Å²) in [5.74, 6) is 1.67. The van der Waals surface area contributed by atoms with Crippen LogP contribution in [0, 0.1) is 5.92 Å². The third-order valence-electron chi connectivity index (χ3n) is 4.11. The van der Waals surface area contributed by atoms with Gasteiger partial charge in [-0.3, -0.25) is 0 Å². The summed E-state index contributed by atoms with van der Waals surface area (Å²) in [7, 11) is 1.98. The average Bonchev–Trinajstić information content (AvgIpc) is 2.80. The van der Waals surface area contributed by atoms with E-state index in [1.54, 1.807) is 12.4 Å². The second-order valence-corrected chi connectivity index (χ2v) is 6.06. The minimum Gasteiger partial charge on any atom is -0.320 e. The normalized spacial score (nSPS) is 25.2. The lowest BCUT2D eigenvalue weighted by molar-refractivity contribution is 0.185. The van der Waals surface area contributed by atoms with E-state index in [0.29, 0.717) is 11.1 Å². The van der Waals surface area contributed by atoms with Gasteiger partial charge in [0.2, 0.25) is 0 Å². The van der Waals surface area contributed by atoms with Crippen molar-refractivity contribution in [3.63, 3.8) is 0 Å². The maximum atomic E-state index is 6.15. The molecule has 0 saturated heterocycles. The molecule has 2 aromatic rings. The summed E-state index contributed by atoms with van der Waals surface area (Å²) in [5.41, 5.74) is 1.85. The Kier molecular flexibility index (Phi) is 3.13. The van der Waals surface area contributed by atoms with E-state index >= 15 is 0 Å². The van der Waals surface area contributed by atoms with E-state index in [9.17, 15) is 0 Å². The molecule has 0 N–H and O–H groups in total. The summed E-state index contributed by atoms with van der Waals surface area (Å²) >= 11 is 6.15. The molecule has 0 spiro atoms. The number of pyridine rings is 1. The van der Waals surface area contributed by atoms with E-state index in [1.165, 1.54) is 0 Å². The minimum absolute atomic E-state index is 0.102. The van der Waals surface area contributed by atoms with Gasteiger partial charge in [-0.1, -0.05) is 25.1 Å². The predicted octanol–water partition coefficient (Wildman–Crippen LogP) is 3.22. The van der Waals surface area contributed by atoms with Gasteiger partial charge in [-0.15, -0.1) is 10.2 Å². The maximum Gasteiger partial charge on any atom is 0.143 e. The molecule has 0 atom stereocenters. The topological polar surface area (TPSA) is 43.6 Å². The molecule has 104 valence electrons. The minimum atomic E-state index is -0.102. The Balaban J connectivity index is 2.15. The lowest BCUT2D eigenvalue weighted by Crippen LogP contribution is -2.43. The fourth-order valence-corrected chi connectivity index (χ4v) is 3.51. The van der Waals surface area contributed by atoms with Gasteiger partial charge < -0.3 is 4.57 Å². The van der Waals surface area contributed by atoms with Crippen LogP contribution in [-0.4, -0.2) is 19.7 Å². The van der Waals surface area contributed by atoms with Crippen molar-refractivity contribution in [2.75, 3.05) is 0 Å². The van der Waals surface area contributed by atoms with Gasteiger partial charge in [0.1, 0.15) is 17.3 Å². The third kappa shape index (κ3) is 1.95. The summed E-state index contributed by atoms with van der Waals surface area (Å²) in [6.45, 7) is 6.04. The van der Waals surface area contributed by atoms with Crippen molar-refractivity contribution in [2.24, 2.45) is 13.0 Å². The smallest absolute Gasteiger partial charge is 0.143 e. The van der Waals surface area contributed by atoms with Crippen LogP contribution in [0.2, 0.25) is 5.15 Å². The number of hydrogen-bond acceptors (Lipinski definition) is 3. The van der Waals surface area contributed by atoms with Gasteiger partial charge in [-0.2, -0.15) is 0 Å². The molecule has 1 fully saturated rings. The first kappa shape index (κ1) is 13.3. The Labute approximate surface area is 123 Å². The number of hydrogen-bond donors (Lipinski definition) is 0. The Bertz CT molecular complexity index is 656. The lowest BCUT2D eigenvalue weighted by Gasteiger charge is -2.46. The van der Waals surface area contributed by atoms with Crippen LogP contribution in [0.1, 0.15) is 36.8 Å². The lowest BCUT2D eigenvalue weighted by atomic mass is 9.58. The van der Waals surface area contributed by atoms with Gasteiger partial charge in [0.05, 0.1) is 11.1 Å². The molecule has 5 heteroatoms. The van der Waals surface area contributed by atoms with Gasteiger partial charge in [0.25, 0.3) is 0 Å². The van der Waals surface area contributed by atoms with Crippen molar-refractivity contribution in [3.8, 4) is 0 Å². The van der Waals surface area contributed by atoms with Crippen molar-refractivity contribution in [1.29, 1.82) is 0 Å². The van der Waals surface area contributed by atoms with Crippen LogP contribution < -0.4 is 0 Å². The molecule has 0 unspecified atom stereocenters. The van der Waals surface area contributed by atoms with E-state index in [4.69, 9.17) is 11.6 Å². The summed E-state index contributed by atoms with van der Waals surface area (Å²) in [5, 5.41) is 8.86. The largest absolute Gasteiger partial charge is 0.320 e. The van der Waals surface area contributed by atoms with Crippen molar-refractivity contribution < 1.29 is 0 Å². The zero-order chi connectivity index (χ0) is 14.3. The SMILES string of the molecule is C=Cc1cc(C2(c3nncn3C)CC(C)C2)cc(Cl)n1. The van der Waals surface area contributed by atoms with Crippen molar-refractivity contribution in [2.45, 2.75) is 25.2 Å². The summed E-state index contributed by atoms with van der Waals surface area (Å²) in [6, 6.07) is 3.99. The van der Waals surface area contributed by atoms with Gasteiger partial charge in [-0.25, -0.2) is 4.98 Å². The quantitative estimate of drug-likeness (QED) is 0.815. The van der Waals surface area contributed by atoms with Gasteiger partial charge in [-0.05, 0) is 42.5 Å². The molecule has 4 nitrogen and oxygen atoms in total. The number of aromatic nitrogens is 4. The summed E-state index contributed by atoms with van der Waals surface area (Å²) < 4.78 is 1.99. The van der Waals surface area contributed by atoms with Crippen LogP contribution >= 0.6 is 11.6 Å². The molecule has 2 aromatic heterocycles. The molecule has 1 aliphatic carbocycles. The summed E-state index contributed by atoms with van der Waals surface area (Å²) in [6.07, 6.45) is 5.58. The first-order valence-corrected chi connectivity index (χ1v) is 7.08. The van der Waals surface area contributed by atoms with E-state index in [0.717, 1.165) is 29.9 Å². The molecule has 20 heavy (non-hydrogen) atoms. The maximum absolute atomic E-state index is 6.15. The molecule has 0 radical (unpaired) electrons. The molecule has 0 amide bonds. The second kappa shape index (κ2) is 4.70. The van der Waals surface area contributed by atoms with Crippen LogP contribution in [-0.2, 0) is 12.5 Å². The Morgan fingerprint density at radius 3 is 2.75 bits per heavy atom. The predicted molar refractivity (Wildman–Crippen MR) is 79.5 cm³/mol. The molecule has 0 aromatic carbocycles. The van der Waals surface area contributed by atoms with Crippen molar-refractivity contribution >= 4 is 17.7 Å². The Hall–Kier alpha value is -1.68. The van der Waals surface area contributed by atoms with Gasteiger partial charge >= 0.3 is 0 Å². The molecule has 0 aliphatic heterocycles. The van der Waals surface area contributed by atoms with Crippen LogP contribution in [0.25, 0.3) is 6.08 Å². The molecule has 2 heterocycles. The fourth-order valence-electron chi connectivity index (χ4n) is 3.29. The zero-order valence-corrected chi connectivity index (χ0v) is 12.4. The average molecular weight is 289 g/mol. The standard InChI is InChI=1S/C15H17ClN4/c1-4-12-5-11(6-13(16)18-12)15(7-10(2)8-15)14-19-17-9-20(14)3/h4-6,9-10H,1,7-8H2,2-3H3. The second-order valence-electron chi connectivity index (χ2n) is 5.67. The van der Waals surface area contributed by atoms with Crippen LogP contribution in [0.15, 0.2) is 25.0 Å². The van der Waals surface area contributed by atoms with E-state index in [2.05, 4.69) is 34.8 Å². The first-order valence-electron chi connectivity index (χ1n) is 6.70.